The zero-order valence-corrected chi connectivity index (χ0v) is 12.4. The van der Waals surface area contributed by atoms with Crippen LogP contribution in [0.2, 0.25) is 0 Å². The first kappa shape index (κ1) is 17.6. The zero-order valence-electron chi connectivity index (χ0n) is 10.1. The largest absolute Gasteiger partial charge is 0.356 e. The summed E-state index contributed by atoms with van der Waals surface area (Å²) >= 11 is 0. The monoisotopic (exact) mass is 340 g/mol. The van der Waals surface area contributed by atoms with Gasteiger partial charge in [-0.1, -0.05) is 6.08 Å². The lowest BCUT2D eigenvalue weighted by Gasteiger charge is -2.12. The number of carbonyl (C=O) groups is 1. The molecule has 0 spiro atoms. The molecule has 0 unspecified atom stereocenters. The SMILES string of the molecule is C=CCNC(=NC)NCCC(=O)N(C)C.I. The number of aliphatic imine (C=N–C) groups is 1. The number of nitrogens with one attached hydrogen (secondary N) is 2. The molecule has 0 fully saturated rings. The van der Waals surface area contributed by atoms with Gasteiger partial charge in [-0.15, -0.1) is 30.6 Å². The highest BCUT2D eigenvalue weighted by atomic mass is 127. The number of halogens is 1. The summed E-state index contributed by atoms with van der Waals surface area (Å²) in [7, 11) is 5.17. The van der Waals surface area contributed by atoms with Crippen LogP contribution in [-0.4, -0.2) is 51.0 Å². The van der Waals surface area contributed by atoms with Crippen molar-refractivity contribution in [3.63, 3.8) is 0 Å². The van der Waals surface area contributed by atoms with Gasteiger partial charge in [-0.25, -0.2) is 0 Å². The third-order valence-electron chi connectivity index (χ3n) is 1.77. The van der Waals surface area contributed by atoms with Crippen molar-refractivity contribution in [2.75, 3.05) is 34.2 Å². The van der Waals surface area contributed by atoms with Gasteiger partial charge in [0, 0.05) is 40.7 Å². The van der Waals surface area contributed by atoms with Crippen LogP contribution in [-0.2, 0) is 4.79 Å². The second kappa shape index (κ2) is 10.7. The second-order valence-electron chi connectivity index (χ2n) is 3.21. The Labute approximate surface area is 114 Å². The Bertz CT molecular complexity index is 241. The van der Waals surface area contributed by atoms with Gasteiger partial charge in [0.1, 0.15) is 0 Å². The molecule has 5 nitrogen and oxygen atoms in total. The van der Waals surface area contributed by atoms with Crippen molar-refractivity contribution < 1.29 is 4.79 Å². The lowest BCUT2D eigenvalue weighted by atomic mass is 10.4. The van der Waals surface area contributed by atoms with Gasteiger partial charge in [0.25, 0.3) is 0 Å². The second-order valence-corrected chi connectivity index (χ2v) is 3.21. The molecule has 0 bridgehead atoms. The predicted molar refractivity (Wildman–Crippen MR) is 78.3 cm³/mol. The molecule has 0 heterocycles. The fraction of sp³-hybridized carbons (Fsp3) is 0.600. The summed E-state index contributed by atoms with van der Waals surface area (Å²) in [6.45, 7) is 4.82. The number of amides is 1. The fourth-order valence-corrected chi connectivity index (χ4v) is 0.901. The summed E-state index contributed by atoms with van der Waals surface area (Å²) in [4.78, 5) is 16.8. The molecule has 94 valence electrons. The first-order chi connectivity index (χ1) is 7.11. The molecular weight excluding hydrogens is 319 g/mol. The highest BCUT2D eigenvalue weighted by Crippen LogP contribution is 1.84. The van der Waals surface area contributed by atoms with Crippen molar-refractivity contribution >= 4 is 35.8 Å². The van der Waals surface area contributed by atoms with Crippen molar-refractivity contribution in [3.8, 4) is 0 Å². The minimum Gasteiger partial charge on any atom is -0.356 e. The zero-order chi connectivity index (χ0) is 11.7. The average molecular weight is 340 g/mol. The molecule has 0 saturated heterocycles. The topological polar surface area (TPSA) is 56.7 Å². The maximum absolute atomic E-state index is 11.2. The summed E-state index contributed by atoms with van der Waals surface area (Å²) in [6, 6.07) is 0. The van der Waals surface area contributed by atoms with Crippen molar-refractivity contribution in [2.24, 2.45) is 4.99 Å². The molecule has 1 amide bonds. The smallest absolute Gasteiger partial charge is 0.223 e. The third-order valence-corrected chi connectivity index (χ3v) is 1.77. The van der Waals surface area contributed by atoms with E-state index in [1.54, 1.807) is 32.1 Å². The first-order valence-corrected chi connectivity index (χ1v) is 4.87. The Morgan fingerprint density at radius 2 is 2.06 bits per heavy atom. The molecule has 0 aromatic rings. The molecular formula is C10H21IN4O. The van der Waals surface area contributed by atoms with Crippen molar-refractivity contribution in [3.05, 3.63) is 12.7 Å². The summed E-state index contributed by atoms with van der Waals surface area (Å²) in [5.41, 5.74) is 0. The molecule has 0 aromatic heterocycles. The Balaban J connectivity index is 0. The van der Waals surface area contributed by atoms with Gasteiger partial charge in [0.05, 0.1) is 0 Å². The maximum Gasteiger partial charge on any atom is 0.223 e. The Hall–Kier alpha value is -0.790. The van der Waals surface area contributed by atoms with E-state index in [1.165, 1.54) is 0 Å². The van der Waals surface area contributed by atoms with E-state index in [1.807, 2.05) is 0 Å². The number of rotatable bonds is 5. The molecule has 0 atom stereocenters. The normalized spacial score (nSPS) is 10.1. The molecule has 0 aliphatic heterocycles. The van der Waals surface area contributed by atoms with E-state index in [4.69, 9.17) is 0 Å². The van der Waals surface area contributed by atoms with E-state index in [9.17, 15) is 4.79 Å². The van der Waals surface area contributed by atoms with Crippen molar-refractivity contribution in [1.29, 1.82) is 0 Å². The van der Waals surface area contributed by atoms with Crippen molar-refractivity contribution in [2.45, 2.75) is 6.42 Å². The average Bonchev–Trinajstić information content (AvgIpc) is 2.22. The van der Waals surface area contributed by atoms with Gasteiger partial charge in [0.15, 0.2) is 5.96 Å². The Kier molecular flexibility index (Phi) is 11.8. The summed E-state index contributed by atoms with van der Waals surface area (Å²) in [5, 5.41) is 6.05. The molecule has 0 rings (SSSR count). The van der Waals surface area contributed by atoms with E-state index < -0.39 is 0 Å². The van der Waals surface area contributed by atoms with E-state index in [-0.39, 0.29) is 29.9 Å². The Morgan fingerprint density at radius 3 is 2.50 bits per heavy atom. The lowest BCUT2D eigenvalue weighted by molar-refractivity contribution is -0.128. The van der Waals surface area contributed by atoms with Crippen molar-refractivity contribution in [1.82, 2.24) is 15.5 Å². The van der Waals surface area contributed by atoms with Crippen LogP contribution in [0, 0.1) is 0 Å². The van der Waals surface area contributed by atoms with Crippen LogP contribution in [0.15, 0.2) is 17.6 Å². The van der Waals surface area contributed by atoms with Crippen LogP contribution >= 0.6 is 24.0 Å². The maximum atomic E-state index is 11.2. The molecule has 0 aromatic carbocycles. The van der Waals surface area contributed by atoms with Crippen LogP contribution in [0.25, 0.3) is 0 Å². The van der Waals surface area contributed by atoms with Gasteiger partial charge in [-0.2, -0.15) is 0 Å². The van der Waals surface area contributed by atoms with Crippen LogP contribution < -0.4 is 10.6 Å². The van der Waals surface area contributed by atoms with Gasteiger partial charge < -0.3 is 15.5 Å². The number of nitrogens with zero attached hydrogens (tertiary/aromatic N) is 2. The highest BCUT2D eigenvalue weighted by molar-refractivity contribution is 14.0. The van der Waals surface area contributed by atoms with Gasteiger partial charge in [-0.05, 0) is 0 Å². The lowest BCUT2D eigenvalue weighted by Crippen LogP contribution is -2.39. The minimum atomic E-state index is 0. The number of carbonyl (C=O) groups excluding carboxylic acids is 1. The van der Waals surface area contributed by atoms with E-state index >= 15 is 0 Å². The van der Waals surface area contributed by atoms with Crippen LogP contribution in [0.4, 0.5) is 0 Å². The van der Waals surface area contributed by atoms with E-state index in [0.717, 1.165) is 0 Å². The summed E-state index contributed by atoms with van der Waals surface area (Å²) < 4.78 is 0. The molecule has 0 aliphatic carbocycles. The first-order valence-electron chi connectivity index (χ1n) is 4.87. The molecule has 0 aliphatic rings. The number of hydrogen-bond acceptors (Lipinski definition) is 2. The summed E-state index contributed by atoms with van der Waals surface area (Å²) in [6.07, 6.45) is 2.21. The number of hydrogen-bond donors (Lipinski definition) is 2. The van der Waals surface area contributed by atoms with Gasteiger partial charge in [-0.3, -0.25) is 9.79 Å². The van der Waals surface area contributed by atoms with E-state index in [2.05, 4.69) is 22.2 Å². The molecule has 6 heteroatoms. The van der Waals surface area contributed by atoms with Crippen LogP contribution in [0.3, 0.4) is 0 Å². The minimum absolute atomic E-state index is 0. The fourth-order valence-electron chi connectivity index (χ4n) is 0.901. The summed E-state index contributed by atoms with van der Waals surface area (Å²) in [5.74, 6) is 0.781. The number of guanidine groups is 1. The van der Waals surface area contributed by atoms with E-state index in [0.29, 0.717) is 25.5 Å². The predicted octanol–water partition coefficient (Wildman–Crippen LogP) is 0.434. The van der Waals surface area contributed by atoms with Gasteiger partial charge >= 0.3 is 0 Å². The standard InChI is InChI=1S/C10H20N4O.HI/c1-5-7-12-10(11-2)13-8-6-9(15)14(3)4;/h5H,1,6-8H2,2-4H3,(H2,11,12,13);1H. The molecule has 2 N–H and O–H groups in total. The molecule has 16 heavy (non-hydrogen) atoms. The van der Waals surface area contributed by atoms with Crippen LogP contribution in [0.1, 0.15) is 6.42 Å². The highest BCUT2D eigenvalue weighted by Gasteiger charge is 2.03. The Morgan fingerprint density at radius 1 is 1.44 bits per heavy atom. The third kappa shape index (κ3) is 8.51. The molecule has 0 saturated carbocycles. The molecule has 0 radical (unpaired) electrons. The van der Waals surface area contributed by atoms with Crippen LogP contribution in [0.5, 0.6) is 0 Å². The van der Waals surface area contributed by atoms with Gasteiger partial charge in [0.2, 0.25) is 5.91 Å². The quantitative estimate of drug-likeness (QED) is 0.330.